The number of hydrogen-bond donors (Lipinski definition) is 2. The predicted octanol–water partition coefficient (Wildman–Crippen LogP) is -0.451. The molecule has 3 N–H and O–H groups in total. The summed E-state index contributed by atoms with van der Waals surface area (Å²) in [5, 5.41) is 8.04. The van der Waals surface area contributed by atoms with Crippen LogP contribution < -0.4 is 16.1 Å². The van der Waals surface area contributed by atoms with E-state index in [9.17, 15) is 22.4 Å². The van der Waals surface area contributed by atoms with Gasteiger partial charge >= 0.3 is 0 Å². The minimum absolute atomic E-state index is 0.00197. The Morgan fingerprint density at radius 1 is 1.28 bits per heavy atom. The first-order valence-electron chi connectivity index (χ1n) is 7.68. The molecule has 2 unspecified atom stereocenters. The maximum absolute atomic E-state index is 13.1. The monoisotopic (exact) mass is 368 g/mol. The first-order valence-corrected chi connectivity index (χ1v) is 9.50. The van der Waals surface area contributed by atoms with Crippen LogP contribution in [0.5, 0.6) is 0 Å². The Balaban J connectivity index is 1.77. The van der Waals surface area contributed by atoms with Gasteiger partial charge in [-0.3, -0.25) is 14.6 Å². The quantitative estimate of drug-likeness (QED) is 0.745. The SMILES string of the molecule is NC(=O)C1CC(C(=O)NC2CCS(=O)(=O)C2)=NN1c1ccc(F)cc1. The van der Waals surface area contributed by atoms with Gasteiger partial charge < -0.3 is 11.1 Å². The Bertz CT molecular complexity index is 838. The van der Waals surface area contributed by atoms with E-state index >= 15 is 0 Å². The van der Waals surface area contributed by atoms with E-state index in [1.54, 1.807) is 0 Å². The van der Waals surface area contributed by atoms with Crippen LogP contribution in [0.4, 0.5) is 10.1 Å². The van der Waals surface area contributed by atoms with Crippen LogP contribution >= 0.6 is 0 Å². The van der Waals surface area contributed by atoms with Crippen LogP contribution in [0.3, 0.4) is 0 Å². The topological polar surface area (TPSA) is 122 Å². The molecule has 25 heavy (non-hydrogen) atoms. The number of amides is 2. The summed E-state index contributed by atoms with van der Waals surface area (Å²) < 4.78 is 36.0. The minimum Gasteiger partial charge on any atom is -0.368 e. The summed E-state index contributed by atoms with van der Waals surface area (Å²) in [5.41, 5.74) is 5.89. The fraction of sp³-hybridized carbons (Fsp3) is 0.400. The average Bonchev–Trinajstić information content (AvgIpc) is 3.12. The standard InChI is InChI=1S/C15H17FN4O4S/c16-9-1-3-11(4-2-9)20-13(14(17)21)7-12(19-20)15(22)18-10-5-6-25(23,24)8-10/h1-4,10,13H,5-8H2,(H2,17,21)(H,18,22). The molecule has 0 radical (unpaired) electrons. The molecule has 0 aromatic heterocycles. The number of carbonyl (C=O) groups is 2. The number of primary amides is 1. The molecule has 2 amide bonds. The highest BCUT2D eigenvalue weighted by Gasteiger charge is 2.36. The lowest BCUT2D eigenvalue weighted by Crippen LogP contribution is -2.41. The Labute approximate surface area is 143 Å². The summed E-state index contributed by atoms with van der Waals surface area (Å²) in [6.45, 7) is 0. The zero-order valence-electron chi connectivity index (χ0n) is 13.2. The average molecular weight is 368 g/mol. The number of carbonyl (C=O) groups excluding carboxylic acids is 2. The number of rotatable bonds is 4. The molecule has 1 aromatic rings. The van der Waals surface area contributed by atoms with Crippen LogP contribution in [0.2, 0.25) is 0 Å². The Morgan fingerprint density at radius 2 is 1.96 bits per heavy atom. The Kier molecular flexibility index (Phi) is 4.46. The lowest BCUT2D eigenvalue weighted by Gasteiger charge is -2.20. The second-order valence-corrected chi connectivity index (χ2v) is 8.29. The number of hydrogen-bond acceptors (Lipinski definition) is 6. The van der Waals surface area contributed by atoms with Gasteiger partial charge in [-0.25, -0.2) is 12.8 Å². The molecule has 2 atom stereocenters. The predicted molar refractivity (Wildman–Crippen MR) is 89.1 cm³/mol. The zero-order chi connectivity index (χ0) is 18.2. The van der Waals surface area contributed by atoms with Crippen molar-refractivity contribution in [2.24, 2.45) is 10.8 Å². The molecule has 1 saturated heterocycles. The fourth-order valence-electron chi connectivity index (χ4n) is 2.88. The van der Waals surface area contributed by atoms with Crippen molar-refractivity contribution in [2.75, 3.05) is 16.5 Å². The van der Waals surface area contributed by atoms with Crippen molar-refractivity contribution in [3.05, 3.63) is 30.1 Å². The number of benzene rings is 1. The van der Waals surface area contributed by atoms with Crippen LogP contribution in [0, 0.1) is 5.82 Å². The van der Waals surface area contributed by atoms with Gasteiger partial charge in [0.15, 0.2) is 9.84 Å². The van der Waals surface area contributed by atoms with Crippen molar-refractivity contribution in [3.63, 3.8) is 0 Å². The van der Waals surface area contributed by atoms with Gasteiger partial charge in [-0.1, -0.05) is 0 Å². The van der Waals surface area contributed by atoms with Gasteiger partial charge in [0.05, 0.1) is 17.2 Å². The summed E-state index contributed by atoms with van der Waals surface area (Å²) in [5.74, 6) is -1.71. The van der Waals surface area contributed by atoms with Gasteiger partial charge in [0, 0.05) is 12.5 Å². The van der Waals surface area contributed by atoms with Crippen molar-refractivity contribution < 1.29 is 22.4 Å². The number of halogens is 1. The van der Waals surface area contributed by atoms with Crippen LogP contribution in [0.15, 0.2) is 29.4 Å². The van der Waals surface area contributed by atoms with Crippen molar-refractivity contribution >= 4 is 33.1 Å². The number of nitrogens with one attached hydrogen (secondary N) is 1. The third-order valence-corrected chi connectivity index (χ3v) is 5.93. The smallest absolute Gasteiger partial charge is 0.267 e. The summed E-state index contributed by atoms with van der Waals surface area (Å²) >= 11 is 0. The van der Waals surface area contributed by atoms with Crippen LogP contribution in [0.25, 0.3) is 0 Å². The Hall–Kier alpha value is -2.49. The van der Waals surface area contributed by atoms with Gasteiger partial charge in [-0.15, -0.1) is 0 Å². The van der Waals surface area contributed by atoms with E-state index in [-0.39, 0.29) is 23.6 Å². The van der Waals surface area contributed by atoms with E-state index in [4.69, 9.17) is 5.73 Å². The highest BCUT2D eigenvalue weighted by atomic mass is 32.2. The van der Waals surface area contributed by atoms with Gasteiger partial charge in [0.2, 0.25) is 5.91 Å². The summed E-state index contributed by atoms with van der Waals surface area (Å²) in [6, 6.07) is 3.96. The fourth-order valence-corrected chi connectivity index (χ4v) is 4.55. The molecule has 8 nitrogen and oxygen atoms in total. The third kappa shape index (κ3) is 3.78. The Morgan fingerprint density at radius 3 is 2.52 bits per heavy atom. The maximum atomic E-state index is 13.1. The molecule has 1 fully saturated rings. The number of nitrogens with two attached hydrogens (primary N) is 1. The second-order valence-electron chi connectivity index (χ2n) is 6.06. The van der Waals surface area contributed by atoms with E-state index in [0.717, 1.165) is 0 Å². The van der Waals surface area contributed by atoms with Gasteiger partial charge in [0.25, 0.3) is 5.91 Å². The molecule has 0 bridgehead atoms. The lowest BCUT2D eigenvalue weighted by molar-refractivity contribution is -0.119. The van der Waals surface area contributed by atoms with Crippen LogP contribution in [-0.2, 0) is 19.4 Å². The molecule has 10 heteroatoms. The number of nitrogens with zero attached hydrogens (tertiary/aromatic N) is 2. The van der Waals surface area contributed by atoms with Crippen LogP contribution in [-0.4, -0.2) is 49.5 Å². The highest BCUT2D eigenvalue weighted by molar-refractivity contribution is 7.91. The van der Waals surface area contributed by atoms with Crippen LogP contribution in [0.1, 0.15) is 12.8 Å². The van der Waals surface area contributed by atoms with Crippen molar-refractivity contribution in [2.45, 2.75) is 24.9 Å². The van der Waals surface area contributed by atoms with E-state index in [0.29, 0.717) is 12.1 Å². The van der Waals surface area contributed by atoms with Gasteiger partial charge in [-0.2, -0.15) is 5.10 Å². The molecular formula is C15H17FN4O4S. The molecular weight excluding hydrogens is 351 g/mol. The number of sulfone groups is 1. The van der Waals surface area contributed by atoms with Gasteiger partial charge in [0.1, 0.15) is 17.6 Å². The number of hydrazone groups is 1. The molecule has 134 valence electrons. The van der Waals surface area contributed by atoms with Crippen molar-refractivity contribution in [1.82, 2.24) is 5.32 Å². The van der Waals surface area contributed by atoms with E-state index in [2.05, 4.69) is 10.4 Å². The van der Waals surface area contributed by atoms with Crippen molar-refractivity contribution in [3.8, 4) is 0 Å². The molecule has 2 aliphatic heterocycles. The molecule has 0 spiro atoms. The molecule has 1 aromatic carbocycles. The first kappa shape index (κ1) is 17.3. The highest BCUT2D eigenvalue weighted by Crippen LogP contribution is 2.25. The van der Waals surface area contributed by atoms with Gasteiger partial charge in [-0.05, 0) is 30.7 Å². The minimum atomic E-state index is -3.12. The second kappa shape index (κ2) is 6.43. The normalized spacial score (nSPS) is 24.8. The maximum Gasteiger partial charge on any atom is 0.267 e. The summed E-state index contributed by atoms with van der Waals surface area (Å²) in [6.07, 6.45) is 0.348. The molecule has 0 aliphatic carbocycles. The summed E-state index contributed by atoms with van der Waals surface area (Å²) in [7, 11) is -3.12. The molecule has 2 heterocycles. The lowest BCUT2D eigenvalue weighted by atomic mass is 10.1. The molecule has 2 aliphatic rings. The third-order valence-electron chi connectivity index (χ3n) is 4.16. The summed E-state index contributed by atoms with van der Waals surface area (Å²) in [4.78, 5) is 24.0. The molecule has 0 saturated carbocycles. The van der Waals surface area contributed by atoms with E-state index in [1.807, 2.05) is 0 Å². The number of anilines is 1. The zero-order valence-corrected chi connectivity index (χ0v) is 14.0. The molecule has 3 rings (SSSR count). The largest absolute Gasteiger partial charge is 0.368 e. The van der Waals surface area contributed by atoms with E-state index in [1.165, 1.54) is 29.3 Å². The first-order chi connectivity index (χ1) is 11.7. The van der Waals surface area contributed by atoms with Crippen molar-refractivity contribution in [1.29, 1.82) is 0 Å². The van der Waals surface area contributed by atoms with E-state index < -0.39 is 39.6 Å².